The highest BCUT2D eigenvalue weighted by Gasteiger charge is 2.22. The SMILES string of the molecule is CCCC1CCC(c2ccc(C3=CCC(CC(C)CC)CC3)cc2)CC1. The van der Waals surface area contributed by atoms with Crippen LogP contribution in [0.15, 0.2) is 30.3 Å². The van der Waals surface area contributed by atoms with Gasteiger partial charge in [0, 0.05) is 0 Å². The lowest BCUT2D eigenvalue weighted by Gasteiger charge is -2.29. The number of benzene rings is 1. The molecule has 144 valence electrons. The van der Waals surface area contributed by atoms with E-state index in [1.54, 1.807) is 11.1 Å². The largest absolute Gasteiger partial charge is 0.0804 e. The molecule has 2 aliphatic rings. The summed E-state index contributed by atoms with van der Waals surface area (Å²) < 4.78 is 0. The molecule has 0 radical (unpaired) electrons. The highest BCUT2D eigenvalue weighted by molar-refractivity contribution is 5.66. The van der Waals surface area contributed by atoms with E-state index in [-0.39, 0.29) is 0 Å². The van der Waals surface area contributed by atoms with Gasteiger partial charge in [-0.25, -0.2) is 0 Å². The van der Waals surface area contributed by atoms with Gasteiger partial charge in [0.15, 0.2) is 0 Å². The molecule has 1 aromatic carbocycles. The highest BCUT2D eigenvalue weighted by atomic mass is 14.3. The van der Waals surface area contributed by atoms with E-state index >= 15 is 0 Å². The normalized spacial score (nSPS) is 27.8. The first-order valence-electron chi connectivity index (χ1n) is 11.5. The van der Waals surface area contributed by atoms with Gasteiger partial charge in [0.05, 0.1) is 0 Å². The molecule has 1 fully saturated rings. The minimum atomic E-state index is 0.817. The first-order valence-corrected chi connectivity index (χ1v) is 11.5. The van der Waals surface area contributed by atoms with Gasteiger partial charge in [0.1, 0.15) is 0 Å². The molecule has 0 spiro atoms. The lowest BCUT2D eigenvalue weighted by Crippen LogP contribution is -2.13. The van der Waals surface area contributed by atoms with E-state index in [0.29, 0.717) is 0 Å². The summed E-state index contributed by atoms with van der Waals surface area (Å²) >= 11 is 0. The van der Waals surface area contributed by atoms with Gasteiger partial charge >= 0.3 is 0 Å². The lowest BCUT2D eigenvalue weighted by molar-refractivity contribution is 0.308. The fourth-order valence-electron chi connectivity index (χ4n) is 5.26. The van der Waals surface area contributed by atoms with Gasteiger partial charge in [-0.1, -0.05) is 70.4 Å². The lowest BCUT2D eigenvalue weighted by atomic mass is 9.77. The standard InChI is InChI=1S/C26H40/c1-4-6-21-7-11-23(12-8-21)25-15-17-26(18-16-25)24-13-9-22(10-14-24)19-20(3)5-2/h13,15-18,20-23H,4-12,14,19H2,1-3H3. The molecule has 0 heterocycles. The van der Waals surface area contributed by atoms with Gasteiger partial charge in [-0.05, 0) is 91.7 Å². The summed E-state index contributed by atoms with van der Waals surface area (Å²) in [5.74, 6) is 3.64. The molecule has 0 bridgehead atoms. The summed E-state index contributed by atoms with van der Waals surface area (Å²) in [6.07, 6.45) is 17.8. The van der Waals surface area contributed by atoms with Crippen LogP contribution in [-0.4, -0.2) is 0 Å². The van der Waals surface area contributed by atoms with Crippen LogP contribution in [0.25, 0.3) is 5.57 Å². The van der Waals surface area contributed by atoms with Gasteiger partial charge in [0.25, 0.3) is 0 Å². The summed E-state index contributed by atoms with van der Waals surface area (Å²) in [6.45, 7) is 7.07. The zero-order valence-corrected chi connectivity index (χ0v) is 17.5. The Morgan fingerprint density at radius 3 is 2.23 bits per heavy atom. The van der Waals surface area contributed by atoms with Crippen LogP contribution in [0, 0.1) is 17.8 Å². The second-order valence-corrected chi connectivity index (χ2v) is 9.25. The average molecular weight is 353 g/mol. The van der Waals surface area contributed by atoms with Crippen molar-refractivity contribution in [1.82, 2.24) is 0 Å². The highest BCUT2D eigenvalue weighted by Crippen LogP contribution is 2.38. The van der Waals surface area contributed by atoms with Crippen molar-refractivity contribution in [2.24, 2.45) is 17.8 Å². The van der Waals surface area contributed by atoms with Crippen molar-refractivity contribution in [2.75, 3.05) is 0 Å². The number of hydrogen-bond acceptors (Lipinski definition) is 0. The summed E-state index contributed by atoms with van der Waals surface area (Å²) in [6, 6.07) is 9.70. The summed E-state index contributed by atoms with van der Waals surface area (Å²) in [7, 11) is 0. The predicted octanol–water partition coefficient (Wildman–Crippen LogP) is 8.38. The zero-order chi connectivity index (χ0) is 18.4. The fourth-order valence-corrected chi connectivity index (χ4v) is 5.26. The van der Waals surface area contributed by atoms with Crippen LogP contribution in [0.5, 0.6) is 0 Å². The van der Waals surface area contributed by atoms with Crippen molar-refractivity contribution in [3.05, 3.63) is 41.5 Å². The first-order chi connectivity index (χ1) is 12.7. The van der Waals surface area contributed by atoms with Gasteiger partial charge in [-0.15, -0.1) is 0 Å². The maximum absolute atomic E-state index is 2.54. The van der Waals surface area contributed by atoms with Gasteiger partial charge in [-0.2, -0.15) is 0 Å². The number of rotatable bonds is 7. The van der Waals surface area contributed by atoms with E-state index < -0.39 is 0 Å². The molecule has 1 aromatic rings. The van der Waals surface area contributed by atoms with Crippen LogP contribution < -0.4 is 0 Å². The quantitative estimate of drug-likeness (QED) is 0.462. The molecule has 2 atom stereocenters. The van der Waals surface area contributed by atoms with E-state index in [0.717, 1.165) is 23.7 Å². The zero-order valence-electron chi connectivity index (χ0n) is 17.5. The Hall–Kier alpha value is -1.04. The van der Waals surface area contributed by atoms with Gasteiger partial charge in [-0.3, -0.25) is 0 Å². The van der Waals surface area contributed by atoms with Crippen molar-refractivity contribution in [3.8, 4) is 0 Å². The Morgan fingerprint density at radius 2 is 1.65 bits per heavy atom. The Kier molecular flexibility index (Phi) is 7.41. The summed E-state index contributed by atoms with van der Waals surface area (Å²) in [4.78, 5) is 0. The van der Waals surface area contributed by atoms with Crippen molar-refractivity contribution >= 4 is 5.57 Å². The molecule has 0 heteroatoms. The molecule has 26 heavy (non-hydrogen) atoms. The Balaban J connectivity index is 1.54. The Labute approximate surface area is 162 Å². The van der Waals surface area contributed by atoms with E-state index in [9.17, 15) is 0 Å². The molecule has 1 saturated carbocycles. The van der Waals surface area contributed by atoms with Crippen LogP contribution in [0.4, 0.5) is 0 Å². The molecule has 0 N–H and O–H groups in total. The topological polar surface area (TPSA) is 0 Å². The molecule has 3 rings (SSSR count). The van der Waals surface area contributed by atoms with Crippen molar-refractivity contribution in [2.45, 2.75) is 97.3 Å². The van der Waals surface area contributed by atoms with Crippen LogP contribution in [0.1, 0.15) is 108 Å². The monoisotopic (exact) mass is 352 g/mol. The summed E-state index contributed by atoms with van der Waals surface area (Å²) in [5.41, 5.74) is 4.67. The molecule has 0 amide bonds. The van der Waals surface area contributed by atoms with Crippen LogP contribution in [0.2, 0.25) is 0 Å². The molecule has 0 nitrogen and oxygen atoms in total. The summed E-state index contributed by atoms with van der Waals surface area (Å²) in [5, 5.41) is 0. The Morgan fingerprint density at radius 1 is 0.923 bits per heavy atom. The van der Waals surface area contributed by atoms with Crippen molar-refractivity contribution < 1.29 is 0 Å². The Bertz CT molecular complexity index is 556. The third kappa shape index (κ3) is 5.24. The first kappa shape index (κ1) is 19.7. The smallest absolute Gasteiger partial charge is 0.0162 e. The molecular formula is C26H40. The van der Waals surface area contributed by atoms with E-state index in [1.807, 2.05) is 0 Å². The van der Waals surface area contributed by atoms with Crippen molar-refractivity contribution in [3.63, 3.8) is 0 Å². The average Bonchev–Trinajstić information content (AvgIpc) is 2.69. The molecule has 0 aromatic heterocycles. The van der Waals surface area contributed by atoms with E-state index in [4.69, 9.17) is 0 Å². The number of hydrogen-bond donors (Lipinski definition) is 0. The maximum atomic E-state index is 2.54. The van der Waals surface area contributed by atoms with Gasteiger partial charge in [0.2, 0.25) is 0 Å². The molecule has 2 unspecified atom stereocenters. The van der Waals surface area contributed by atoms with Crippen LogP contribution >= 0.6 is 0 Å². The minimum Gasteiger partial charge on any atom is -0.0804 e. The number of allylic oxidation sites excluding steroid dienone is 2. The molecular weight excluding hydrogens is 312 g/mol. The van der Waals surface area contributed by atoms with Crippen LogP contribution in [-0.2, 0) is 0 Å². The van der Waals surface area contributed by atoms with Gasteiger partial charge < -0.3 is 0 Å². The second-order valence-electron chi connectivity index (χ2n) is 9.25. The maximum Gasteiger partial charge on any atom is -0.0162 e. The second kappa shape index (κ2) is 9.77. The molecule has 0 saturated heterocycles. The molecule has 2 aliphatic carbocycles. The fraction of sp³-hybridized carbons (Fsp3) is 0.692. The van der Waals surface area contributed by atoms with Crippen LogP contribution in [0.3, 0.4) is 0 Å². The molecule has 0 aliphatic heterocycles. The third-order valence-corrected chi connectivity index (χ3v) is 7.25. The minimum absolute atomic E-state index is 0.817. The van der Waals surface area contributed by atoms with E-state index in [1.165, 1.54) is 76.2 Å². The predicted molar refractivity (Wildman–Crippen MR) is 115 cm³/mol. The van der Waals surface area contributed by atoms with Crippen molar-refractivity contribution in [1.29, 1.82) is 0 Å². The third-order valence-electron chi connectivity index (χ3n) is 7.25. The van der Waals surface area contributed by atoms with E-state index in [2.05, 4.69) is 51.1 Å².